The second-order valence-corrected chi connectivity index (χ2v) is 11.0. The van der Waals surface area contributed by atoms with E-state index in [-0.39, 0.29) is 5.82 Å². The Hall–Kier alpha value is -1.78. The molecule has 5 heteroatoms. The molecule has 0 amide bonds. The van der Waals surface area contributed by atoms with Crippen molar-refractivity contribution >= 4 is 11.6 Å². The molecule has 4 bridgehead atoms. The molecule has 6 rings (SSSR count). The molecule has 0 radical (unpaired) electrons. The van der Waals surface area contributed by atoms with Crippen LogP contribution < -0.4 is 14.8 Å². The van der Waals surface area contributed by atoms with E-state index in [4.69, 9.17) is 21.1 Å². The smallest absolute Gasteiger partial charge is 0.180 e. The van der Waals surface area contributed by atoms with Crippen molar-refractivity contribution in [1.82, 2.24) is 5.32 Å². The van der Waals surface area contributed by atoms with Gasteiger partial charge in [0, 0.05) is 12.6 Å². The Morgan fingerprint density at radius 2 is 1.64 bits per heavy atom. The molecule has 1 atom stereocenters. The quantitative estimate of drug-likeness (QED) is 0.421. The van der Waals surface area contributed by atoms with Gasteiger partial charge in [-0.3, -0.25) is 0 Å². The SMILES string of the molecule is CCOc1cc(CNC(C)C23CC4CC(CC(C4)C2)C3)cc(Cl)c1OCc1ccc(F)cc1. The van der Waals surface area contributed by atoms with E-state index < -0.39 is 0 Å². The van der Waals surface area contributed by atoms with E-state index in [1.807, 2.05) is 19.1 Å². The van der Waals surface area contributed by atoms with E-state index in [9.17, 15) is 4.39 Å². The molecule has 4 saturated carbocycles. The van der Waals surface area contributed by atoms with E-state index in [0.29, 0.717) is 41.2 Å². The van der Waals surface area contributed by atoms with Crippen molar-refractivity contribution < 1.29 is 13.9 Å². The lowest BCUT2D eigenvalue weighted by molar-refractivity contribution is -0.0706. The summed E-state index contributed by atoms with van der Waals surface area (Å²) >= 11 is 6.64. The molecule has 178 valence electrons. The van der Waals surface area contributed by atoms with Crippen LogP contribution in [0.25, 0.3) is 0 Å². The summed E-state index contributed by atoms with van der Waals surface area (Å²) in [6, 6.07) is 10.8. The van der Waals surface area contributed by atoms with Crippen LogP contribution >= 0.6 is 11.6 Å². The van der Waals surface area contributed by atoms with Crippen LogP contribution in [0.2, 0.25) is 5.02 Å². The zero-order chi connectivity index (χ0) is 23.0. The molecule has 0 spiro atoms. The van der Waals surface area contributed by atoms with Gasteiger partial charge in [0.15, 0.2) is 11.5 Å². The predicted octanol–water partition coefficient (Wildman–Crippen LogP) is 7.15. The fraction of sp³-hybridized carbons (Fsp3) is 0.571. The standard InChI is InChI=1S/C28H35ClFNO2/c1-3-32-26-12-23(11-25(29)27(26)33-17-19-4-6-24(30)7-5-19)16-31-18(2)28-13-20-8-21(14-28)10-22(9-20)15-28/h4-7,11-12,18,20-22,31H,3,8-10,13-17H2,1-2H3. The third kappa shape index (κ3) is 4.88. The number of ether oxygens (including phenoxy) is 2. The van der Waals surface area contributed by atoms with Crippen LogP contribution in [0.3, 0.4) is 0 Å². The van der Waals surface area contributed by atoms with Gasteiger partial charge in [-0.1, -0.05) is 23.7 Å². The minimum atomic E-state index is -0.258. The molecule has 0 heterocycles. The highest BCUT2D eigenvalue weighted by atomic mass is 35.5. The second-order valence-electron chi connectivity index (χ2n) is 10.6. The van der Waals surface area contributed by atoms with Crippen LogP contribution in [-0.2, 0) is 13.2 Å². The summed E-state index contributed by atoms with van der Waals surface area (Å²) in [7, 11) is 0. The van der Waals surface area contributed by atoms with Crippen molar-refractivity contribution in [3.8, 4) is 11.5 Å². The zero-order valence-electron chi connectivity index (χ0n) is 19.7. The Morgan fingerprint density at radius 1 is 1.00 bits per heavy atom. The molecule has 33 heavy (non-hydrogen) atoms. The van der Waals surface area contributed by atoms with E-state index in [1.165, 1.54) is 50.7 Å². The average Bonchev–Trinajstić information content (AvgIpc) is 2.77. The second kappa shape index (κ2) is 9.46. The van der Waals surface area contributed by atoms with Crippen molar-refractivity contribution in [3.63, 3.8) is 0 Å². The third-order valence-corrected chi connectivity index (χ3v) is 8.56. The Kier molecular flexibility index (Phi) is 6.59. The number of hydrogen-bond donors (Lipinski definition) is 1. The molecular formula is C28H35ClFNO2. The largest absolute Gasteiger partial charge is 0.490 e. The van der Waals surface area contributed by atoms with Crippen LogP contribution in [0.5, 0.6) is 11.5 Å². The van der Waals surface area contributed by atoms with Gasteiger partial charge < -0.3 is 14.8 Å². The Labute approximate surface area is 202 Å². The minimum absolute atomic E-state index is 0.258. The molecule has 4 aliphatic rings. The summed E-state index contributed by atoms with van der Waals surface area (Å²) in [6.07, 6.45) is 8.60. The van der Waals surface area contributed by atoms with Gasteiger partial charge in [0.25, 0.3) is 0 Å². The zero-order valence-corrected chi connectivity index (χ0v) is 20.5. The molecular weight excluding hydrogens is 437 g/mol. The Morgan fingerprint density at radius 3 is 2.24 bits per heavy atom. The van der Waals surface area contributed by atoms with Crippen molar-refractivity contribution in [2.24, 2.45) is 23.2 Å². The van der Waals surface area contributed by atoms with Gasteiger partial charge in [-0.15, -0.1) is 0 Å². The minimum Gasteiger partial charge on any atom is -0.490 e. The van der Waals surface area contributed by atoms with Crippen LogP contribution in [0.15, 0.2) is 36.4 Å². The van der Waals surface area contributed by atoms with Gasteiger partial charge in [0.05, 0.1) is 11.6 Å². The highest BCUT2D eigenvalue weighted by molar-refractivity contribution is 6.32. The first-order valence-electron chi connectivity index (χ1n) is 12.5. The molecule has 0 aliphatic heterocycles. The molecule has 1 N–H and O–H groups in total. The lowest BCUT2D eigenvalue weighted by Crippen LogP contribution is -2.54. The molecule has 1 unspecified atom stereocenters. The third-order valence-electron chi connectivity index (χ3n) is 8.28. The van der Waals surface area contributed by atoms with Gasteiger partial charge in [-0.25, -0.2) is 4.39 Å². The van der Waals surface area contributed by atoms with Crippen molar-refractivity contribution in [1.29, 1.82) is 0 Å². The number of nitrogens with one attached hydrogen (secondary N) is 1. The van der Waals surface area contributed by atoms with E-state index >= 15 is 0 Å². The highest BCUT2D eigenvalue weighted by Gasteiger charge is 2.52. The van der Waals surface area contributed by atoms with Crippen LogP contribution in [0.4, 0.5) is 4.39 Å². The molecule has 0 saturated heterocycles. The van der Waals surface area contributed by atoms with E-state index in [1.54, 1.807) is 12.1 Å². The molecule has 4 fully saturated rings. The summed E-state index contributed by atoms with van der Waals surface area (Å²) in [5.41, 5.74) is 2.46. The number of hydrogen-bond acceptors (Lipinski definition) is 3. The van der Waals surface area contributed by atoms with Gasteiger partial charge in [-0.05, 0) is 111 Å². The molecule has 2 aromatic carbocycles. The van der Waals surface area contributed by atoms with E-state index in [0.717, 1.165) is 35.4 Å². The van der Waals surface area contributed by atoms with Crippen molar-refractivity contribution in [2.45, 2.75) is 71.6 Å². The first-order chi connectivity index (χ1) is 15.9. The first kappa shape index (κ1) is 23.0. The van der Waals surface area contributed by atoms with Gasteiger partial charge in [0.1, 0.15) is 12.4 Å². The summed E-state index contributed by atoms with van der Waals surface area (Å²) in [5, 5.41) is 4.39. The van der Waals surface area contributed by atoms with Gasteiger partial charge in [-0.2, -0.15) is 0 Å². The highest BCUT2D eigenvalue weighted by Crippen LogP contribution is 2.61. The number of rotatable bonds is 9. The molecule has 4 aliphatic carbocycles. The maximum atomic E-state index is 13.2. The average molecular weight is 472 g/mol. The van der Waals surface area contributed by atoms with Crippen molar-refractivity contribution in [2.75, 3.05) is 6.61 Å². The normalized spacial score (nSPS) is 28.7. The van der Waals surface area contributed by atoms with Gasteiger partial charge >= 0.3 is 0 Å². The Bertz CT molecular complexity index is 941. The Balaban J connectivity index is 1.26. The lowest BCUT2D eigenvalue weighted by Gasteiger charge is -2.59. The fourth-order valence-electron chi connectivity index (χ4n) is 7.06. The topological polar surface area (TPSA) is 30.5 Å². The summed E-state index contributed by atoms with van der Waals surface area (Å²) in [5.74, 6) is 3.81. The van der Waals surface area contributed by atoms with Crippen LogP contribution in [0, 0.1) is 29.0 Å². The van der Waals surface area contributed by atoms with Gasteiger partial charge in [0.2, 0.25) is 0 Å². The summed E-state index contributed by atoms with van der Waals surface area (Å²) < 4.78 is 25.0. The maximum Gasteiger partial charge on any atom is 0.180 e. The summed E-state index contributed by atoms with van der Waals surface area (Å²) in [4.78, 5) is 0. The molecule has 3 nitrogen and oxygen atoms in total. The van der Waals surface area contributed by atoms with Crippen molar-refractivity contribution in [3.05, 3.63) is 58.4 Å². The number of halogens is 2. The first-order valence-corrected chi connectivity index (χ1v) is 12.9. The van der Waals surface area contributed by atoms with E-state index in [2.05, 4.69) is 12.2 Å². The lowest BCUT2D eigenvalue weighted by atomic mass is 9.48. The van der Waals surface area contributed by atoms with Crippen LogP contribution in [-0.4, -0.2) is 12.6 Å². The van der Waals surface area contributed by atoms with Crippen LogP contribution in [0.1, 0.15) is 63.5 Å². The summed E-state index contributed by atoms with van der Waals surface area (Å²) in [6.45, 7) is 5.95. The molecule has 2 aromatic rings. The predicted molar refractivity (Wildman–Crippen MR) is 130 cm³/mol. The fourth-order valence-corrected chi connectivity index (χ4v) is 7.35. The maximum absolute atomic E-state index is 13.2. The monoisotopic (exact) mass is 471 g/mol. The number of benzene rings is 2. The molecule has 0 aromatic heterocycles.